The van der Waals surface area contributed by atoms with Crippen molar-refractivity contribution in [1.29, 1.82) is 0 Å². The number of benzene rings is 2. The zero-order valence-electron chi connectivity index (χ0n) is 17.8. The molecule has 4 aromatic rings. The number of aromatic amines is 1. The van der Waals surface area contributed by atoms with Crippen molar-refractivity contribution >= 4 is 45.3 Å². The highest BCUT2D eigenvalue weighted by Gasteiger charge is 2.19. The summed E-state index contributed by atoms with van der Waals surface area (Å²) < 4.78 is 2.03. The molecule has 3 heterocycles. The van der Waals surface area contributed by atoms with E-state index in [1.54, 1.807) is 12.3 Å². The zero-order chi connectivity index (χ0) is 22.1. The number of amides is 1. The minimum absolute atomic E-state index is 0.0366. The molecule has 0 saturated carbocycles. The fourth-order valence-electron chi connectivity index (χ4n) is 4.15. The third kappa shape index (κ3) is 3.62. The molecule has 2 aromatic heterocycles. The lowest BCUT2D eigenvalue weighted by Gasteiger charge is -2.08. The number of nitrogens with zero attached hydrogens (tertiary/aromatic N) is 3. The number of rotatable bonds is 7. The van der Waals surface area contributed by atoms with Gasteiger partial charge < -0.3 is 9.55 Å². The van der Waals surface area contributed by atoms with Gasteiger partial charge >= 0.3 is 0 Å². The summed E-state index contributed by atoms with van der Waals surface area (Å²) in [6.07, 6.45) is 5.54. The Morgan fingerprint density at radius 2 is 2.03 bits per heavy atom. The number of carbonyl (C=O) groups is 2. The number of anilines is 1. The van der Waals surface area contributed by atoms with Crippen molar-refractivity contribution in [2.75, 3.05) is 5.32 Å². The first-order valence-corrected chi connectivity index (χ1v) is 10.8. The lowest BCUT2D eigenvalue weighted by Crippen LogP contribution is -2.17. The first-order chi connectivity index (χ1) is 15.6. The Kier molecular flexibility index (Phi) is 5.15. The lowest BCUT2D eigenvalue weighted by molar-refractivity contribution is 0.0998. The van der Waals surface area contributed by atoms with Crippen LogP contribution in [-0.4, -0.2) is 31.9 Å². The molecule has 5 rings (SSSR count). The second-order valence-electron chi connectivity index (χ2n) is 7.87. The van der Waals surface area contributed by atoms with Gasteiger partial charge in [0.05, 0.1) is 5.52 Å². The molecule has 0 unspecified atom stereocenters. The van der Waals surface area contributed by atoms with E-state index in [4.69, 9.17) is 0 Å². The molecule has 0 spiro atoms. The van der Waals surface area contributed by atoms with Gasteiger partial charge in [-0.25, -0.2) is 4.98 Å². The van der Waals surface area contributed by atoms with Crippen LogP contribution in [0.2, 0.25) is 0 Å². The van der Waals surface area contributed by atoms with E-state index in [2.05, 4.69) is 27.2 Å². The molecule has 7 nitrogen and oxygen atoms in total. The fourth-order valence-corrected chi connectivity index (χ4v) is 4.15. The summed E-state index contributed by atoms with van der Waals surface area (Å²) in [4.78, 5) is 37.8. The smallest absolute Gasteiger partial charge is 0.274 e. The number of H-pyrrole nitrogens is 1. The molecule has 32 heavy (non-hydrogen) atoms. The monoisotopic (exact) mass is 425 g/mol. The normalized spacial score (nSPS) is 13.1. The van der Waals surface area contributed by atoms with Crippen LogP contribution in [0.5, 0.6) is 0 Å². The number of aryl methyl sites for hydroxylation is 1. The van der Waals surface area contributed by atoms with Crippen LogP contribution in [0.25, 0.3) is 21.9 Å². The molecule has 0 atom stereocenters. The molecular formula is C25H23N5O2. The summed E-state index contributed by atoms with van der Waals surface area (Å²) in [5.74, 6) is 0.0388. The largest absolute Gasteiger partial charge is 0.336 e. The van der Waals surface area contributed by atoms with Gasteiger partial charge in [0.25, 0.3) is 5.91 Å². The van der Waals surface area contributed by atoms with Crippen LogP contribution in [0.3, 0.4) is 0 Å². The molecular weight excluding hydrogens is 402 g/mol. The molecule has 1 aliphatic rings. The maximum absolute atomic E-state index is 13.1. The first kappa shape index (κ1) is 19.9. The zero-order valence-corrected chi connectivity index (χ0v) is 17.8. The number of nitrogens with one attached hydrogen (secondary N) is 2. The number of carbonyl (C=O) groups excluding carboxylic acids is 2. The number of hydrogen-bond donors (Lipinski definition) is 2. The summed E-state index contributed by atoms with van der Waals surface area (Å²) in [6.45, 7) is 2.83. The van der Waals surface area contributed by atoms with Crippen molar-refractivity contribution in [2.24, 2.45) is 4.99 Å². The van der Waals surface area contributed by atoms with Crippen LogP contribution in [0.4, 0.5) is 5.95 Å². The number of aromatic nitrogens is 3. The standard InChI is InChI=1S/C25H23N5O2/c1-2-13-30-20-11-4-3-7-16(20)14-21(30)24(32)29-25-27-19-10-5-9-18(23(19)28-25)22(31)15-17-8-6-12-26-17/h3-7,9-12,14H,2,8,13,15H2,1H3,(H2,27,28,29,32). The number of Topliss-reactive ketones (excluding diaryl/α,β-unsaturated/α-hetero) is 1. The molecule has 0 fully saturated rings. The van der Waals surface area contributed by atoms with Gasteiger partial charge in [0.2, 0.25) is 5.95 Å². The van der Waals surface area contributed by atoms with E-state index in [9.17, 15) is 9.59 Å². The van der Waals surface area contributed by atoms with E-state index in [1.165, 1.54) is 0 Å². The van der Waals surface area contributed by atoms with E-state index >= 15 is 0 Å². The highest BCUT2D eigenvalue weighted by molar-refractivity contribution is 6.15. The van der Waals surface area contributed by atoms with Crippen molar-refractivity contribution in [3.63, 3.8) is 0 Å². The summed E-state index contributed by atoms with van der Waals surface area (Å²) in [5, 5.41) is 3.90. The molecule has 2 aromatic carbocycles. The third-order valence-electron chi connectivity index (χ3n) is 5.62. The van der Waals surface area contributed by atoms with Crippen LogP contribution in [-0.2, 0) is 6.54 Å². The lowest BCUT2D eigenvalue weighted by atomic mass is 10.0. The van der Waals surface area contributed by atoms with Gasteiger partial charge in [-0.15, -0.1) is 0 Å². The van der Waals surface area contributed by atoms with Crippen molar-refractivity contribution < 1.29 is 9.59 Å². The molecule has 0 saturated heterocycles. The summed E-state index contributed by atoms with van der Waals surface area (Å²) in [7, 11) is 0. The SMILES string of the molecule is CCCn1c(C(=O)Nc2nc3c(C(=O)CC4=NC=CC4)cccc3[nH]2)cc2ccccc21. The van der Waals surface area contributed by atoms with Crippen LogP contribution in [0, 0.1) is 0 Å². The Balaban J connectivity index is 1.44. The Hall–Kier alpha value is -4.00. The average Bonchev–Trinajstić information content (AvgIpc) is 3.52. The number of ketones is 1. The minimum Gasteiger partial charge on any atom is -0.336 e. The summed E-state index contributed by atoms with van der Waals surface area (Å²) >= 11 is 0. The van der Waals surface area contributed by atoms with Crippen molar-refractivity contribution in [3.05, 3.63) is 72.1 Å². The van der Waals surface area contributed by atoms with E-state index < -0.39 is 0 Å². The van der Waals surface area contributed by atoms with Gasteiger partial charge in [0, 0.05) is 47.8 Å². The van der Waals surface area contributed by atoms with E-state index in [0.717, 1.165) is 29.6 Å². The summed E-state index contributed by atoms with van der Waals surface area (Å²) in [5.41, 5.74) is 4.23. The Morgan fingerprint density at radius 1 is 1.16 bits per heavy atom. The Bertz CT molecular complexity index is 1410. The number of fused-ring (bicyclic) bond motifs is 2. The minimum atomic E-state index is -0.243. The quantitative estimate of drug-likeness (QED) is 0.403. The molecule has 7 heteroatoms. The maximum atomic E-state index is 13.1. The first-order valence-electron chi connectivity index (χ1n) is 10.8. The van der Waals surface area contributed by atoms with E-state index in [1.807, 2.05) is 53.1 Å². The summed E-state index contributed by atoms with van der Waals surface area (Å²) in [6, 6.07) is 15.3. The predicted molar refractivity (Wildman–Crippen MR) is 126 cm³/mol. The van der Waals surface area contributed by atoms with Gasteiger partial charge in [-0.2, -0.15) is 0 Å². The van der Waals surface area contributed by atoms with Crippen LogP contribution in [0.1, 0.15) is 47.0 Å². The number of aliphatic imine (C=N–C) groups is 1. The number of para-hydroxylation sites is 2. The topological polar surface area (TPSA) is 92.1 Å². The Morgan fingerprint density at radius 3 is 2.84 bits per heavy atom. The van der Waals surface area contributed by atoms with Gasteiger partial charge in [-0.05, 0) is 30.7 Å². The molecule has 0 bridgehead atoms. The number of imidazole rings is 1. The molecule has 2 N–H and O–H groups in total. The Labute approximate surface area is 184 Å². The van der Waals surface area contributed by atoms with Gasteiger partial charge in [0.1, 0.15) is 11.2 Å². The van der Waals surface area contributed by atoms with Crippen molar-refractivity contribution in [3.8, 4) is 0 Å². The van der Waals surface area contributed by atoms with Gasteiger partial charge in [0.15, 0.2) is 5.78 Å². The van der Waals surface area contributed by atoms with E-state index in [-0.39, 0.29) is 18.1 Å². The molecule has 1 aliphatic heterocycles. The second kappa shape index (κ2) is 8.26. The van der Waals surface area contributed by atoms with Crippen LogP contribution < -0.4 is 5.32 Å². The molecule has 0 aliphatic carbocycles. The van der Waals surface area contributed by atoms with Crippen LogP contribution >= 0.6 is 0 Å². The second-order valence-corrected chi connectivity index (χ2v) is 7.87. The number of allylic oxidation sites excluding steroid dienone is 1. The highest BCUT2D eigenvalue weighted by Crippen LogP contribution is 2.24. The maximum Gasteiger partial charge on any atom is 0.274 e. The van der Waals surface area contributed by atoms with Gasteiger partial charge in [-0.1, -0.05) is 37.3 Å². The molecule has 1 amide bonds. The average molecular weight is 425 g/mol. The predicted octanol–water partition coefficient (Wildman–Crippen LogP) is 5.11. The van der Waals surface area contributed by atoms with Gasteiger partial charge in [-0.3, -0.25) is 19.9 Å². The molecule has 0 radical (unpaired) electrons. The molecule has 160 valence electrons. The highest BCUT2D eigenvalue weighted by atomic mass is 16.2. The van der Waals surface area contributed by atoms with Crippen molar-refractivity contribution in [1.82, 2.24) is 14.5 Å². The third-order valence-corrected chi connectivity index (χ3v) is 5.62. The number of hydrogen-bond acceptors (Lipinski definition) is 4. The van der Waals surface area contributed by atoms with E-state index in [0.29, 0.717) is 34.7 Å². The van der Waals surface area contributed by atoms with Crippen LogP contribution in [0.15, 0.2) is 65.8 Å². The fraction of sp³-hybridized carbons (Fsp3) is 0.200. The van der Waals surface area contributed by atoms with Crippen molar-refractivity contribution in [2.45, 2.75) is 32.7 Å².